The lowest BCUT2D eigenvalue weighted by molar-refractivity contribution is 0.0436. The fraction of sp³-hybridized carbons (Fsp3) is 0.500. The summed E-state index contributed by atoms with van der Waals surface area (Å²) < 4.78 is 5.13. The highest BCUT2D eigenvalue weighted by atomic mass is 35.5. The van der Waals surface area contributed by atoms with E-state index in [2.05, 4.69) is 5.32 Å². The normalized spacial score (nSPS) is 14.6. The first-order chi connectivity index (χ1) is 9.10. The lowest BCUT2D eigenvalue weighted by Gasteiger charge is -2.25. The maximum atomic E-state index is 11.6. The summed E-state index contributed by atoms with van der Waals surface area (Å²) in [4.78, 5) is 11.6. The summed E-state index contributed by atoms with van der Waals surface area (Å²) in [5.74, 6) is 0. The van der Waals surface area contributed by atoms with Gasteiger partial charge < -0.3 is 15.2 Å². The lowest BCUT2D eigenvalue weighted by atomic mass is 10.0. The van der Waals surface area contributed by atoms with Gasteiger partial charge in [-0.2, -0.15) is 0 Å². The number of nitrogens with one attached hydrogen (secondary N) is 1. The molecule has 1 amide bonds. The summed E-state index contributed by atoms with van der Waals surface area (Å²) in [5.41, 5.74) is -0.0909. The highest BCUT2D eigenvalue weighted by molar-refractivity contribution is 6.35. The molecule has 1 rings (SSSR count). The highest BCUT2D eigenvalue weighted by Crippen LogP contribution is 2.28. The number of amides is 1. The third-order valence-electron chi connectivity index (χ3n) is 2.50. The molecule has 0 saturated heterocycles. The Kier molecular flexibility index (Phi) is 5.68. The monoisotopic (exact) mass is 319 g/mol. The number of benzene rings is 1. The van der Waals surface area contributed by atoms with Crippen LogP contribution in [0.2, 0.25) is 10.0 Å². The number of hydrogen-bond acceptors (Lipinski definition) is 3. The second-order valence-corrected chi connectivity index (χ2v) is 6.39. The molecule has 0 heterocycles. The molecule has 1 aromatic rings. The summed E-state index contributed by atoms with van der Waals surface area (Å²) in [6, 6.07) is 4.25. The largest absolute Gasteiger partial charge is 0.444 e. The van der Waals surface area contributed by atoms with E-state index in [-0.39, 0.29) is 0 Å². The molecule has 0 spiro atoms. The highest BCUT2D eigenvalue weighted by Gasteiger charge is 2.23. The Bertz CT molecular complexity index is 486. The minimum Gasteiger partial charge on any atom is -0.444 e. The van der Waals surface area contributed by atoms with Crippen molar-refractivity contribution in [1.29, 1.82) is 0 Å². The van der Waals surface area contributed by atoms with Crippen molar-refractivity contribution in [2.75, 3.05) is 0 Å². The average molecular weight is 320 g/mol. The third kappa shape index (κ3) is 5.19. The Morgan fingerprint density at radius 2 is 1.95 bits per heavy atom. The van der Waals surface area contributed by atoms with E-state index >= 15 is 0 Å². The SMILES string of the molecule is C[C@@H](NC(=O)OC(C)(C)C)[C@@H](O)c1ccc(Cl)cc1Cl. The Morgan fingerprint density at radius 3 is 2.45 bits per heavy atom. The zero-order valence-electron chi connectivity index (χ0n) is 11.9. The molecule has 0 aromatic heterocycles. The van der Waals surface area contributed by atoms with Crippen molar-refractivity contribution in [1.82, 2.24) is 5.32 Å². The van der Waals surface area contributed by atoms with E-state index in [1.165, 1.54) is 0 Å². The van der Waals surface area contributed by atoms with Crippen LogP contribution in [0.4, 0.5) is 4.79 Å². The summed E-state index contributed by atoms with van der Waals surface area (Å²) in [6.07, 6.45) is -1.54. The zero-order chi connectivity index (χ0) is 15.5. The van der Waals surface area contributed by atoms with Gasteiger partial charge >= 0.3 is 6.09 Å². The molecule has 4 nitrogen and oxygen atoms in total. The number of hydrogen-bond donors (Lipinski definition) is 2. The Balaban J connectivity index is 2.72. The summed E-state index contributed by atoms with van der Waals surface area (Å²) in [5, 5.41) is 13.6. The third-order valence-corrected chi connectivity index (χ3v) is 3.06. The Morgan fingerprint density at radius 1 is 1.35 bits per heavy atom. The van der Waals surface area contributed by atoms with Crippen LogP contribution in [0.5, 0.6) is 0 Å². The van der Waals surface area contributed by atoms with E-state index < -0.39 is 23.8 Å². The van der Waals surface area contributed by atoms with Crippen LogP contribution in [0.3, 0.4) is 0 Å². The number of carbonyl (C=O) groups excluding carboxylic acids is 1. The quantitative estimate of drug-likeness (QED) is 0.887. The summed E-state index contributed by atoms with van der Waals surface area (Å²) >= 11 is 11.8. The van der Waals surface area contributed by atoms with E-state index in [1.54, 1.807) is 45.9 Å². The number of alkyl carbamates (subject to hydrolysis) is 1. The second-order valence-electron chi connectivity index (χ2n) is 5.55. The van der Waals surface area contributed by atoms with E-state index in [4.69, 9.17) is 27.9 Å². The number of ether oxygens (including phenoxy) is 1. The van der Waals surface area contributed by atoms with E-state index in [9.17, 15) is 9.90 Å². The first kappa shape index (κ1) is 17.1. The number of halogens is 2. The molecule has 0 aliphatic heterocycles. The molecule has 2 atom stereocenters. The lowest BCUT2D eigenvalue weighted by Crippen LogP contribution is -2.40. The molecule has 0 aliphatic carbocycles. The van der Waals surface area contributed by atoms with Crippen molar-refractivity contribution < 1.29 is 14.6 Å². The van der Waals surface area contributed by atoms with Gasteiger partial charge in [-0.25, -0.2) is 4.79 Å². The molecule has 6 heteroatoms. The molecule has 0 unspecified atom stereocenters. The van der Waals surface area contributed by atoms with Crippen LogP contribution in [0.1, 0.15) is 39.4 Å². The molecular formula is C14H19Cl2NO3. The standard InChI is InChI=1S/C14H19Cl2NO3/c1-8(17-13(19)20-14(2,3)4)12(18)10-6-5-9(15)7-11(10)16/h5-8,12,18H,1-4H3,(H,17,19)/t8-,12-/m1/s1. The predicted molar refractivity (Wildman–Crippen MR) is 80.3 cm³/mol. The fourth-order valence-electron chi connectivity index (χ4n) is 1.58. The van der Waals surface area contributed by atoms with Gasteiger partial charge in [0.2, 0.25) is 0 Å². The van der Waals surface area contributed by atoms with E-state index in [0.29, 0.717) is 15.6 Å². The van der Waals surface area contributed by atoms with Gasteiger partial charge in [0.05, 0.1) is 6.04 Å². The Labute approximate surface area is 129 Å². The first-order valence-electron chi connectivity index (χ1n) is 6.22. The van der Waals surface area contributed by atoms with Crippen molar-refractivity contribution in [2.24, 2.45) is 0 Å². The maximum Gasteiger partial charge on any atom is 0.407 e. The van der Waals surface area contributed by atoms with Gasteiger partial charge in [-0.1, -0.05) is 29.3 Å². The van der Waals surface area contributed by atoms with Crippen LogP contribution < -0.4 is 5.32 Å². The van der Waals surface area contributed by atoms with Gasteiger partial charge in [0, 0.05) is 15.6 Å². The molecule has 2 N–H and O–H groups in total. The fourth-order valence-corrected chi connectivity index (χ4v) is 2.10. The first-order valence-corrected chi connectivity index (χ1v) is 6.98. The van der Waals surface area contributed by atoms with Crippen LogP contribution in [0.15, 0.2) is 18.2 Å². The molecule has 20 heavy (non-hydrogen) atoms. The number of carbonyl (C=O) groups is 1. The van der Waals surface area contributed by atoms with Crippen molar-refractivity contribution >= 4 is 29.3 Å². The van der Waals surface area contributed by atoms with E-state index in [1.807, 2.05) is 0 Å². The zero-order valence-corrected chi connectivity index (χ0v) is 13.4. The topological polar surface area (TPSA) is 58.6 Å². The second kappa shape index (κ2) is 6.66. The van der Waals surface area contributed by atoms with Crippen molar-refractivity contribution in [2.45, 2.75) is 45.4 Å². The predicted octanol–water partition coefficient (Wildman–Crippen LogP) is 3.94. The number of aliphatic hydroxyl groups is 1. The smallest absolute Gasteiger partial charge is 0.407 e. The van der Waals surface area contributed by atoms with Gasteiger partial charge in [-0.05, 0) is 39.8 Å². The van der Waals surface area contributed by atoms with Crippen LogP contribution in [0.25, 0.3) is 0 Å². The molecule has 1 aromatic carbocycles. The molecule has 0 fully saturated rings. The van der Waals surface area contributed by atoms with Crippen LogP contribution >= 0.6 is 23.2 Å². The molecular weight excluding hydrogens is 301 g/mol. The van der Waals surface area contributed by atoms with E-state index in [0.717, 1.165) is 0 Å². The molecule has 112 valence electrons. The molecule has 0 aliphatic rings. The Hall–Kier alpha value is -0.970. The minimum atomic E-state index is -0.952. The summed E-state index contributed by atoms with van der Waals surface area (Å²) in [7, 11) is 0. The minimum absolute atomic E-state index is 0.350. The molecule has 0 radical (unpaired) electrons. The molecule has 0 saturated carbocycles. The van der Waals surface area contributed by atoms with Crippen molar-refractivity contribution in [3.05, 3.63) is 33.8 Å². The maximum absolute atomic E-state index is 11.6. The molecule has 0 bridgehead atoms. The van der Waals surface area contributed by atoms with Gasteiger partial charge in [-0.3, -0.25) is 0 Å². The van der Waals surface area contributed by atoms with Gasteiger partial charge in [-0.15, -0.1) is 0 Å². The van der Waals surface area contributed by atoms with Crippen LogP contribution in [-0.2, 0) is 4.74 Å². The van der Waals surface area contributed by atoms with Crippen LogP contribution in [0, 0.1) is 0 Å². The summed E-state index contributed by atoms with van der Waals surface area (Å²) in [6.45, 7) is 6.97. The van der Waals surface area contributed by atoms with Crippen molar-refractivity contribution in [3.8, 4) is 0 Å². The van der Waals surface area contributed by atoms with Gasteiger partial charge in [0.15, 0.2) is 0 Å². The average Bonchev–Trinajstić information content (AvgIpc) is 2.25. The number of rotatable bonds is 3. The van der Waals surface area contributed by atoms with Crippen LogP contribution in [-0.4, -0.2) is 22.8 Å². The van der Waals surface area contributed by atoms with Gasteiger partial charge in [0.25, 0.3) is 0 Å². The van der Waals surface area contributed by atoms with Crippen molar-refractivity contribution in [3.63, 3.8) is 0 Å². The number of aliphatic hydroxyl groups excluding tert-OH is 1. The van der Waals surface area contributed by atoms with Gasteiger partial charge in [0.1, 0.15) is 11.7 Å².